The van der Waals surface area contributed by atoms with E-state index >= 15 is 0 Å². The van der Waals surface area contributed by atoms with Gasteiger partial charge in [0.25, 0.3) is 0 Å². The van der Waals surface area contributed by atoms with Crippen molar-refractivity contribution in [2.45, 2.75) is 206 Å². The predicted molar refractivity (Wildman–Crippen MR) is 247 cm³/mol. The molecule has 0 N–H and O–H groups in total. The smallest absolute Gasteiger partial charge is 0.131 e. The molecule has 2 aromatic carbocycles. The zero-order valence-electron chi connectivity index (χ0n) is 37.7. The van der Waals surface area contributed by atoms with Gasteiger partial charge >= 0.3 is 0 Å². The minimum Gasteiger partial charge on any atom is -0.457 e. The molecule has 59 heavy (non-hydrogen) atoms. The summed E-state index contributed by atoms with van der Waals surface area (Å²) in [7, 11) is 0. The van der Waals surface area contributed by atoms with Gasteiger partial charge in [-0.05, 0) is 173 Å². The first-order valence-electron chi connectivity index (χ1n) is 24.6. The van der Waals surface area contributed by atoms with Crippen LogP contribution in [0, 0.1) is 11.8 Å². The van der Waals surface area contributed by atoms with Crippen LogP contribution in [0.15, 0.2) is 61.2 Å². The third kappa shape index (κ3) is 14.2. The van der Waals surface area contributed by atoms with Crippen LogP contribution in [0.4, 0.5) is 0 Å². The van der Waals surface area contributed by atoms with Crippen LogP contribution < -0.4 is 4.74 Å². The summed E-state index contributed by atoms with van der Waals surface area (Å²) in [6, 6.07) is 14.2. The number of nitrogens with zero attached hydrogens (tertiary/aromatic N) is 4. The second-order valence-electron chi connectivity index (χ2n) is 18.6. The summed E-state index contributed by atoms with van der Waals surface area (Å²) < 4.78 is 7.09. The summed E-state index contributed by atoms with van der Waals surface area (Å²) in [5.74, 6) is 6.51. The average molecular weight is 799 g/mol. The van der Waals surface area contributed by atoms with Crippen LogP contribution in [0.3, 0.4) is 0 Å². The molecule has 5 nitrogen and oxygen atoms in total. The zero-order chi connectivity index (χ0) is 41.1. The summed E-state index contributed by atoms with van der Waals surface area (Å²) >= 11 is 0. The molecule has 5 heteroatoms. The van der Waals surface area contributed by atoms with E-state index in [1.165, 1.54) is 162 Å². The molecule has 0 amide bonds. The van der Waals surface area contributed by atoms with E-state index in [4.69, 9.17) is 24.7 Å². The predicted octanol–water partition coefficient (Wildman–Crippen LogP) is 15.0. The molecular formula is C54H78N4O. The van der Waals surface area contributed by atoms with Crippen LogP contribution >= 0.6 is 0 Å². The standard InChI is InChI=1S/C54H78N4O/c1-5-9-13-15-19-45-37-55-53(56-38-45)47-27-21-43(22-28-47)35-49-33-41(17-11-7-3)25-31-51(49)59-52-32-26-42(18-12-8-4)34-50(52)36-44-23-29-48(30-24-44)54-57-39-46(40-58-54)20-16-14-10-6-2/h25-26,31-34,37-40,43-44,47-48H,5-24,27-30,35-36H2,1-4H3. The maximum absolute atomic E-state index is 7.09. The molecule has 2 aromatic heterocycles. The first-order valence-corrected chi connectivity index (χ1v) is 24.6. The van der Waals surface area contributed by atoms with Crippen LogP contribution in [-0.2, 0) is 38.5 Å². The van der Waals surface area contributed by atoms with Crippen molar-refractivity contribution in [1.29, 1.82) is 0 Å². The van der Waals surface area contributed by atoms with Gasteiger partial charge in [0.2, 0.25) is 0 Å². The second kappa shape index (κ2) is 24.6. The Kier molecular flexibility index (Phi) is 18.7. The van der Waals surface area contributed by atoms with Gasteiger partial charge in [0.15, 0.2) is 0 Å². The van der Waals surface area contributed by atoms with Crippen molar-refractivity contribution in [1.82, 2.24) is 19.9 Å². The molecule has 2 heterocycles. The lowest BCUT2D eigenvalue weighted by molar-refractivity contribution is 0.312. The van der Waals surface area contributed by atoms with E-state index < -0.39 is 0 Å². The van der Waals surface area contributed by atoms with Gasteiger partial charge in [-0.15, -0.1) is 0 Å². The highest BCUT2D eigenvalue weighted by Gasteiger charge is 2.27. The fourth-order valence-electron chi connectivity index (χ4n) is 9.77. The van der Waals surface area contributed by atoms with Crippen LogP contribution in [0.2, 0.25) is 0 Å². The van der Waals surface area contributed by atoms with E-state index in [0.717, 1.165) is 61.7 Å². The lowest BCUT2D eigenvalue weighted by Crippen LogP contribution is -2.18. The molecule has 0 aliphatic heterocycles. The largest absolute Gasteiger partial charge is 0.457 e. The molecule has 6 rings (SSSR count). The third-order valence-electron chi connectivity index (χ3n) is 13.6. The molecule has 4 aromatic rings. The van der Waals surface area contributed by atoms with Crippen molar-refractivity contribution in [2.24, 2.45) is 11.8 Å². The highest BCUT2D eigenvalue weighted by atomic mass is 16.5. The highest BCUT2D eigenvalue weighted by Crippen LogP contribution is 2.41. The Labute approximate surface area is 359 Å². The molecule has 0 bridgehead atoms. The van der Waals surface area contributed by atoms with Crippen molar-refractivity contribution < 1.29 is 4.74 Å². The second-order valence-corrected chi connectivity index (χ2v) is 18.6. The Bertz CT molecular complexity index is 1640. The van der Waals surface area contributed by atoms with E-state index in [-0.39, 0.29) is 0 Å². The molecule has 0 radical (unpaired) electrons. The SMILES string of the molecule is CCCCCCc1cnc(C2CCC(Cc3cc(CCCC)ccc3Oc3ccc(CCCC)cc3CC3CCC(c4ncc(CCCCCC)cn4)CC3)CC2)nc1. The van der Waals surface area contributed by atoms with E-state index in [2.05, 4.69) is 88.9 Å². The van der Waals surface area contributed by atoms with Crippen LogP contribution in [0.1, 0.15) is 213 Å². The Balaban J connectivity index is 1.09. The Hall–Kier alpha value is -3.60. The topological polar surface area (TPSA) is 60.8 Å². The van der Waals surface area contributed by atoms with Gasteiger partial charge in [-0.2, -0.15) is 0 Å². The molecule has 2 saturated carbocycles. The van der Waals surface area contributed by atoms with Crippen molar-refractivity contribution >= 4 is 0 Å². The monoisotopic (exact) mass is 799 g/mol. The van der Waals surface area contributed by atoms with E-state index in [1.54, 1.807) is 0 Å². The Morgan fingerprint density at radius 1 is 0.424 bits per heavy atom. The average Bonchev–Trinajstić information content (AvgIpc) is 3.27. The summed E-state index contributed by atoms with van der Waals surface area (Å²) in [5, 5.41) is 0. The molecule has 320 valence electrons. The van der Waals surface area contributed by atoms with Crippen molar-refractivity contribution in [2.75, 3.05) is 0 Å². The third-order valence-corrected chi connectivity index (χ3v) is 13.6. The number of benzene rings is 2. The maximum Gasteiger partial charge on any atom is 0.131 e. The molecule has 2 fully saturated rings. The van der Waals surface area contributed by atoms with E-state index in [1.807, 2.05) is 0 Å². The van der Waals surface area contributed by atoms with Gasteiger partial charge in [0.05, 0.1) is 0 Å². The minimum absolute atomic E-state index is 0.481. The summed E-state index contributed by atoms with van der Waals surface area (Å²) in [5.41, 5.74) is 8.26. The van der Waals surface area contributed by atoms with Gasteiger partial charge in [0, 0.05) is 36.6 Å². The van der Waals surface area contributed by atoms with Gasteiger partial charge in [-0.3, -0.25) is 0 Å². The van der Waals surface area contributed by atoms with Crippen LogP contribution in [-0.4, -0.2) is 19.9 Å². The van der Waals surface area contributed by atoms with Crippen LogP contribution in [0.5, 0.6) is 11.5 Å². The number of aryl methyl sites for hydroxylation is 4. The van der Waals surface area contributed by atoms with Gasteiger partial charge < -0.3 is 4.74 Å². The van der Waals surface area contributed by atoms with E-state index in [0.29, 0.717) is 23.7 Å². The van der Waals surface area contributed by atoms with Gasteiger partial charge in [0.1, 0.15) is 23.1 Å². The lowest BCUT2D eigenvalue weighted by Gasteiger charge is -2.29. The van der Waals surface area contributed by atoms with Gasteiger partial charge in [-0.25, -0.2) is 19.9 Å². The summed E-state index contributed by atoms with van der Waals surface area (Å²) in [6.07, 6.45) is 39.8. The molecule has 0 unspecified atom stereocenters. The molecule has 0 atom stereocenters. The summed E-state index contributed by atoms with van der Waals surface area (Å²) in [4.78, 5) is 19.5. The fourth-order valence-corrected chi connectivity index (χ4v) is 9.77. The maximum atomic E-state index is 7.09. The minimum atomic E-state index is 0.481. The number of hydrogen-bond donors (Lipinski definition) is 0. The highest BCUT2D eigenvalue weighted by molar-refractivity contribution is 5.45. The van der Waals surface area contributed by atoms with E-state index in [9.17, 15) is 0 Å². The van der Waals surface area contributed by atoms with Crippen LogP contribution in [0.25, 0.3) is 0 Å². The first kappa shape index (κ1) is 44.9. The van der Waals surface area contributed by atoms with Crippen molar-refractivity contribution in [3.05, 3.63) is 106 Å². The number of ether oxygens (including phenoxy) is 1. The fraction of sp³-hybridized carbons (Fsp3) is 0.630. The first-order chi connectivity index (χ1) is 29.0. The lowest BCUT2D eigenvalue weighted by atomic mass is 9.78. The number of rotatable bonds is 24. The molecular weight excluding hydrogens is 721 g/mol. The van der Waals surface area contributed by atoms with Gasteiger partial charge in [-0.1, -0.05) is 103 Å². The number of aromatic nitrogens is 4. The Morgan fingerprint density at radius 2 is 0.797 bits per heavy atom. The number of unbranched alkanes of at least 4 members (excludes halogenated alkanes) is 8. The molecule has 0 spiro atoms. The summed E-state index contributed by atoms with van der Waals surface area (Å²) in [6.45, 7) is 9.13. The normalized spacial score (nSPS) is 19.5. The zero-order valence-corrected chi connectivity index (χ0v) is 37.7. The quantitative estimate of drug-likeness (QED) is 0.0661. The molecule has 2 aliphatic carbocycles. The Morgan fingerprint density at radius 3 is 1.17 bits per heavy atom. The molecule has 0 saturated heterocycles. The van der Waals surface area contributed by atoms with Crippen molar-refractivity contribution in [3.8, 4) is 11.5 Å². The number of hydrogen-bond acceptors (Lipinski definition) is 5. The van der Waals surface area contributed by atoms with Crippen molar-refractivity contribution in [3.63, 3.8) is 0 Å². The molecule has 2 aliphatic rings.